The molecule has 1 heterocycles. The first kappa shape index (κ1) is 13.8. The smallest absolute Gasteiger partial charge is 0.0964 e. The van der Waals surface area contributed by atoms with Crippen molar-refractivity contribution in [3.8, 4) is 0 Å². The second-order valence-electron chi connectivity index (χ2n) is 4.87. The second kappa shape index (κ2) is 5.89. The summed E-state index contributed by atoms with van der Waals surface area (Å²) in [5.41, 5.74) is 0.169. The Hall–Kier alpha value is -0.250. The van der Waals surface area contributed by atoms with Gasteiger partial charge in [-0.05, 0) is 32.9 Å². The van der Waals surface area contributed by atoms with Crippen LogP contribution in [0.15, 0.2) is 23.4 Å². The molecule has 0 amide bonds. The standard InChI is InChI=1S/C12H19ClN2S/c1-9(7-15-12(2,3)4)16-11-6-5-10(13)8-14-11/h5-6,8-9,15H,7H2,1-4H3. The third-order valence-corrected chi connectivity index (χ3v) is 3.22. The van der Waals surface area contributed by atoms with Crippen molar-refractivity contribution in [2.45, 2.75) is 43.5 Å². The Morgan fingerprint density at radius 2 is 2.12 bits per heavy atom. The molecule has 1 unspecified atom stereocenters. The summed E-state index contributed by atoms with van der Waals surface area (Å²) in [4.78, 5) is 4.27. The van der Waals surface area contributed by atoms with Crippen LogP contribution in [0.4, 0.5) is 0 Å². The first-order valence-electron chi connectivity index (χ1n) is 5.40. The Morgan fingerprint density at radius 3 is 2.62 bits per heavy atom. The Morgan fingerprint density at radius 1 is 1.44 bits per heavy atom. The van der Waals surface area contributed by atoms with Crippen LogP contribution >= 0.6 is 23.4 Å². The van der Waals surface area contributed by atoms with E-state index in [1.807, 2.05) is 12.1 Å². The summed E-state index contributed by atoms with van der Waals surface area (Å²) in [5, 5.41) is 5.68. The van der Waals surface area contributed by atoms with Crippen LogP contribution in [0, 0.1) is 0 Å². The van der Waals surface area contributed by atoms with E-state index in [9.17, 15) is 0 Å². The molecule has 1 N–H and O–H groups in total. The van der Waals surface area contributed by atoms with E-state index in [4.69, 9.17) is 11.6 Å². The van der Waals surface area contributed by atoms with Gasteiger partial charge in [0, 0.05) is 23.5 Å². The van der Waals surface area contributed by atoms with Crippen LogP contribution in [0.25, 0.3) is 0 Å². The van der Waals surface area contributed by atoms with Crippen molar-refractivity contribution in [1.82, 2.24) is 10.3 Å². The molecule has 2 nitrogen and oxygen atoms in total. The molecule has 0 spiro atoms. The largest absolute Gasteiger partial charge is 0.311 e. The fourth-order valence-corrected chi connectivity index (χ4v) is 2.08. The quantitative estimate of drug-likeness (QED) is 0.836. The van der Waals surface area contributed by atoms with Crippen LogP contribution in [0.5, 0.6) is 0 Å². The summed E-state index contributed by atoms with van der Waals surface area (Å²) in [6, 6.07) is 3.83. The topological polar surface area (TPSA) is 24.9 Å². The van der Waals surface area contributed by atoms with Crippen molar-refractivity contribution in [3.05, 3.63) is 23.4 Å². The summed E-state index contributed by atoms with van der Waals surface area (Å²) in [6.45, 7) is 9.68. The highest BCUT2D eigenvalue weighted by atomic mass is 35.5. The maximum absolute atomic E-state index is 5.79. The fraction of sp³-hybridized carbons (Fsp3) is 0.583. The molecule has 1 aromatic rings. The lowest BCUT2D eigenvalue weighted by molar-refractivity contribution is 0.429. The van der Waals surface area contributed by atoms with Gasteiger partial charge in [-0.2, -0.15) is 0 Å². The van der Waals surface area contributed by atoms with E-state index in [0.717, 1.165) is 11.6 Å². The predicted molar refractivity (Wildman–Crippen MR) is 72.3 cm³/mol. The molecule has 0 aliphatic heterocycles. The molecular formula is C12H19ClN2S. The van der Waals surface area contributed by atoms with Gasteiger partial charge in [0.15, 0.2) is 0 Å². The summed E-state index contributed by atoms with van der Waals surface area (Å²) < 4.78 is 0. The summed E-state index contributed by atoms with van der Waals surface area (Å²) >= 11 is 7.55. The van der Waals surface area contributed by atoms with E-state index < -0.39 is 0 Å². The molecule has 1 rings (SSSR count). The van der Waals surface area contributed by atoms with Crippen molar-refractivity contribution < 1.29 is 0 Å². The van der Waals surface area contributed by atoms with Gasteiger partial charge in [-0.15, -0.1) is 11.8 Å². The Balaban J connectivity index is 2.39. The van der Waals surface area contributed by atoms with Crippen LogP contribution in [-0.4, -0.2) is 22.3 Å². The first-order valence-corrected chi connectivity index (χ1v) is 6.66. The lowest BCUT2D eigenvalue weighted by Crippen LogP contribution is -2.39. The molecule has 0 saturated heterocycles. The van der Waals surface area contributed by atoms with E-state index in [-0.39, 0.29) is 5.54 Å². The minimum absolute atomic E-state index is 0.169. The van der Waals surface area contributed by atoms with Gasteiger partial charge in [0.25, 0.3) is 0 Å². The van der Waals surface area contributed by atoms with E-state index in [0.29, 0.717) is 10.3 Å². The van der Waals surface area contributed by atoms with E-state index >= 15 is 0 Å². The zero-order valence-corrected chi connectivity index (χ0v) is 11.8. The Labute approximate surface area is 107 Å². The van der Waals surface area contributed by atoms with Gasteiger partial charge in [-0.3, -0.25) is 0 Å². The molecule has 0 aliphatic carbocycles. The lowest BCUT2D eigenvalue weighted by atomic mass is 10.1. The van der Waals surface area contributed by atoms with Gasteiger partial charge in [0.2, 0.25) is 0 Å². The predicted octanol–water partition coefficient (Wildman–Crippen LogP) is 3.60. The van der Waals surface area contributed by atoms with Crippen molar-refractivity contribution in [1.29, 1.82) is 0 Å². The van der Waals surface area contributed by atoms with Crippen molar-refractivity contribution in [2.24, 2.45) is 0 Å². The zero-order chi connectivity index (χ0) is 12.2. The number of hydrogen-bond donors (Lipinski definition) is 1. The minimum atomic E-state index is 0.169. The van der Waals surface area contributed by atoms with Gasteiger partial charge in [0.1, 0.15) is 0 Å². The Kier molecular flexibility index (Phi) is 5.09. The number of hydrogen-bond acceptors (Lipinski definition) is 3. The normalized spacial score (nSPS) is 13.8. The average Bonchev–Trinajstić information content (AvgIpc) is 2.18. The molecule has 90 valence electrons. The molecule has 0 aliphatic rings. The van der Waals surface area contributed by atoms with Gasteiger partial charge < -0.3 is 5.32 Å². The van der Waals surface area contributed by atoms with Gasteiger partial charge in [-0.25, -0.2) is 4.98 Å². The SMILES string of the molecule is CC(CNC(C)(C)C)Sc1ccc(Cl)cn1. The number of halogens is 1. The number of aromatic nitrogens is 1. The van der Waals surface area contributed by atoms with Gasteiger partial charge in [-0.1, -0.05) is 18.5 Å². The van der Waals surface area contributed by atoms with E-state index in [1.54, 1.807) is 18.0 Å². The van der Waals surface area contributed by atoms with Gasteiger partial charge in [0.05, 0.1) is 10.0 Å². The highest BCUT2D eigenvalue weighted by Gasteiger charge is 2.12. The Bertz CT molecular complexity index is 319. The van der Waals surface area contributed by atoms with Crippen LogP contribution in [0.2, 0.25) is 5.02 Å². The molecule has 1 atom stereocenters. The molecule has 0 aromatic carbocycles. The molecule has 0 bridgehead atoms. The van der Waals surface area contributed by atoms with Crippen molar-refractivity contribution in [3.63, 3.8) is 0 Å². The monoisotopic (exact) mass is 258 g/mol. The van der Waals surface area contributed by atoms with Crippen molar-refractivity contribution >= 4 is 23.4 Å². The first-order chi connectivity index (χ1) is 7.37. The summed E-state index contributed by atoms with van der Waals surface area (Å²) in [5.74, 6) is 0. The molecule has 4 heteroatoms. The number of pyridine rings is 1. The number of thioether (sulfide) groups is 1. The molecule has 0 saturated carbocycles. The molecular weight excluding hydrogens is 240 g/mol. The number of nitrogens with one attached hydrogen (secondary N) is 1. The molecule has 16 heavy (non-hydrogen) atoms. The third-order valence-electron chi connectivity index (χ3n) is 1.94. The second-order valence-corrected chi connectivity index (χ2v) is 6.77. The van der Waals surface area contributed by atoms with E-state index in [1.165, 1.54) is 0 Å². The van der Waals surface area contributed by atoms with Crippen LogP contribution in [0.3, 0.4) is 0 Å². The number of rotatable bonds is 4. The third kappa shape index (κ3) is 5.73. The van der Waals surface area contributed by atoms with Crippen molar-refractivity contribution in [2.75, 3.05) is 6.54 Å². The molecule has 0 radical (unpaired) electrons. The zero-order valence-electron chi connectivity index (χ0n) is 10.2. The molecule has 0 fully saturated rings. The number of nitrogens with zero attached hydrogens (tertiary/aromatic N) is 1. The fourth-order valence-electron chi connectivity index (χ4n) is 1.13. The summed E-state index contributed by atoms with van der Waals surface area (Å²) in [6.07, 6.45) is 1.69. The lowest BCUT2D eigenvalue weighted by Gasteiger charge is -2.23. The van der Waals surface area contributed by atoms with Crippen LogP contribution < -0.4 is 5.32 Å². The summed E-state index contributed by atoms with van der Waals surface area (Å²) in [7, 11) is 0. The van der Waals surface area contributed by atoms with Crippen LogP contribution in [0.1, 0.15) is 27.7 Å². The maximum Gasteiger partial charge on any atom is 0.0964 e. The minimum Gasteiger partial charge on any atom is -0.311 e. The highest BCUT2D eigenvalue weighted by molar-refractivity contribution is 7.99. The van der Waals surface area contributed by atoms with E-state index in [2.05, 4.69) is 38.0 Å². The average molecular weight is 259 g/mol. The maximum atomic E-state index is 5.79. The highest BCUT2D eigenvalue weighted by Crippen LogP contribution is 2.21. The van der Waals surface area contributed by atoms with Gasteiger partial charge >= 0.3 is 0 Å². The van der Waals surface area contributed by atoms with Crippen LogP contribution in [-0.2, 0) is 0 Å². The molecule has 1 aromatic heterocycles.